The van der Waals surface area contributed by atoms with Gasteiger partial charge in [0.2, 0.25) is 0 Å². The van der Waals surface area contributed by atoms with Crippen LogP contribution in [-0.2, 0) is 20.6 Å². The molecule has 2 aromatic carbocycles. The third kappa shape index (κ3) is 3.14. The molecule has 0 saturated heterocycles. The molecule has 5 aromatic rings. The number of aromatic nitrogens is 5. The number of ketones is 1. The maximum Gasteiger partial charge on any atom is 0.328 e. The number of pyridine rings is 1. The van der Waals surface area contributed by atoms with Crippen molar-refractivity contribution in [3.63, 3.8) is 0 Å². The van der Waals surface area contributed by atoms with Gasteiger partial charge in [-0.3, -0.25) is 23.3 Å². The number of fused-ring (bicyclic) bond motifs is 2. The van der Waals surface area contributed by atoms with Crippen LogP contribution >= 0.6 is 0 Å². The van der Waals surface area contributed by atoms with Crippen molar-refractivity contribution in [2.75, 3.05) is 0 Å². The van der Waals surface area contributed by atoms with Crippen molar-refractivity contribution in [3.05, 3.63) is 92.3 Å². The Hall–Kier alpha value is -4.20. The van der Waals surface area contributed by atoms with E-state index in [-0.39, 0.29) is 23.6 Å². The summed E-state index contributed by atoms with van der Waals surface area (Å²) in [6.07, 6.45) is 0. The summed E-state index contributed by atoms with van der Waals surface area (Å²) < 4.78 is 6.25. The van der Waals surface area contributed by atoms with E-state index >= 15 is 0 Å². The van der Waals surface area contributed by atoms with Gasteiger partial charge in [-0.05, 0) is 49.7 Å². The highest BCUT2D eigenvalue weighted by Gasteiger charge is 2.20. The molecule has 8 heteroatoms. The Morgan fingerprint density at radius 3 is 2.33 bits per heavy atom. The second-order valence-electron chi connectivity index (χ2n) is 8.31. The van der Waals surface area contributed by atoms with Crippen LogP contribution in [-0.4, -0.2) is 29.3 Å². The molecule has 0 radical (unpaired) electrons. The minimum absolute atomic E-state index is 0.139. The monoisotopic (exact) mass is 441 g/mol. The molecule has 0 unspecified atom stereocenters. The highest BCUT2D eigenvalue weighted by atomic mass is 16.2. The molecule has 0 N–H and O–H groups in total. The molecule has 0 aliphatic heterocycles. The van der Waals surface area contributed by atoms with E-state index in [1.807, 2.05) is 44.2 Å². The molecule has 0 fully saturated rings. The molecular formula is C25H23N5O3. The molecule has 0 aliphatic carbocycles. The number of rotatable bonds is 4. The predicted octanol–water partition coefficient (Wildman–Crippen LogP) is 2.88. The van der Waals surface area contributed by atoms with Crippen molar-refractivity contribution in [2.45, 2.75) is 20.4 Å². The Morgan fingerprint density at radius 1 is 0.909 bits per heavy atom. The maximum absolute atomic E-state index is 13.3. The van der Waals surface area contributed by atoms with Crippen LogP contribution in [0.25, 0.3) is 27.8 Å². The number of imidazole rings is 1. The lowest BCUT2D eigenvalue weighted by atomic mass is 10.1. The van der Waals surface area contributed by atoms with Crippen LogP contribution < -0.4 is 11.2 Å². The summed E-state index contributed by atoms with van der Waals surface area (Å²) in [4.78, 5) is 38.6. The van der Waals surface area contributed by atoms with E-state index in [2.05, 4.69) is 5.10 Å². The quantitative estimate of drug-likeness (QED) is 0.402. The molecule has 0 atom stereocenters. The minimum atomic E-state index is -0.265. The first kappa shape index (κ1) is 20.7. The number of para-hydroxylation sites is 1. The fourth-order valence-electron chi connectivity index (χ4n) is 4.48. The molecule has 0 spiro atoms. The standard InChI is InChI=1S/C25H23N5O3/c1-15-12-22(32)29(24-23(15)16(2)26-30(24)18-8-6-5-7-9-18)14-21(31)17-10-11-19-20(13-17)28(4)25(33)27(19)3/h5-13H,14H2,1-4H3. The first-order valence-corrected chi connectivity index (χ1v) is 10.6. The Bertz CT molecular complexity index is 1680. The molecule has 3 heterocycles. The highest BCUT2D eigenvalue weighted by Crippen LogP contribution is 2.24. The number of carbonyl (C=O) groups is 1. The van der Waals surface area contributed by atoms with Gasteiger partial charge in [0.1, 0.15) is 5.65 Å². The first-order chi connectivity index (χ1) is 15.8. The Kier molecular flexibility index (Phi) is 4.67. The van der Waals surface area contributed by atoms with Gasteiger partial charge in [0.25, 0.3) is 5.56 Å². The minimum Gasteiger partial charge on any atom is -0.295 e. The zero-order valence-electron chi connectivity index (χ0n) is 18.9. The zero-order valence-corrected chi connectivity index (χ0v) is 18.9. The van der Waals surface area contributed by atoms with Gasteiger partial charge in [-0.2, -0.15) is 5.10 Å². The summed E-state index contributed by atoms with van der Waals surface area (Å²) in [5.41, 5.74) is 4.42. The van der Waals surface area contributed by atoms with Crippen LogP contribution in [0, 0.1) is 13.8 Å². The SMILES string of the molecule is Cc1cc(=O)n(CC(=O)c2ccc3c(c2)n(C)c(=O)n3C)c2c1c(C)nn2-c1ccccc1. The van der Waals surface area contributed by atoms with Gasteiger partial charge in [0, 0.05) is 31.1 Å². The normalized spacial score (nSPS) is 11.5. The molecule has 3 aromatic heterocycles. The van der Waals surface area contributed by atoms with Gasteiger partial charge >= 0.3 is 5.69 Å². The summed E-state index contributed by atoms with van der Waals surface area (Å²) in [7, 11) is 3.37. The van der Waals surface area contributed by atoms with Gasteiger partial charge in [-0.1, -0.05) is 18.2 Å². The van der Waals surface area contributed by atoms with Gasteiger partial charge in [0.05, 0.1) is 29.0 Å². The average Bonchev–Trinajstić information content (AvgIpc) is 3.27. The fraction of sp³-hybridized carbons (Fsp3) is 0.200. The number of nitrogens with zero attached hydrogens (tertiary/aromatic N) is 5. The molecule has 33 heavy (non-hydrogen) atoms. The van der Waals surface area contributed by atoms with Crippen molar-refractivity contribution in [1.29, 1.82) is 0 Å². The van der Waals surface area contributed by atoms with E-state index in [1.54, 1.807) is 47.6 Å². The lowest BCUT2D eigenvalue weighted by molar-refractivity contribution is 0.0972. The fourth-order valence-corrected chi connectivity index (χ4v) is 4.48. The van der Waals surface area contributed by atoms with E-state index in [0.29, 0.717) is 16.7 Å². The molecule has 5 rings (SSSR count). The summed E-state index contributed by atoms with van der Waals surface area (Å²) in [6, 6.07) is 16.2. The van der Waals surface area contributed by atoms with Gasteiger partial charge < -0.3 is 0 Å². The Morgan fingerprint density at radius 2 is 1.61 bits per heavy atom. The van der Waals surface area contributed by atoms with Crippen molar-refractivity contribution in [2.24, 2.45) is 14.1 Å². The second kappa shape index (κ2) is 7.44. The summed E-state index contributed by atoms with van der Waals surface area (Å²) in [5.74, 6) is -0.223. The number of Topliss-reactive ketones (excluding diaryl/α,β-unsaturated/α-hetero) is 1. The maximum atomic E-state index is 13.3. The van der Waals surface area contributed by atoms with Gasteiger partial charge in [0.15, 0.2) is 5.78 Å². The van der Waals surface area contributed by atoms with E-state index in [9.17, 15) is 14.4 Å². The van der Waals surface area contributed by atoms with Crippen LogP contribution in [0.15, 0.2) is 64.2 Å². The topological polar surface area (TPSA) is 83.8 Å². The molecular weight excluding hydrogens is 418 g/mol. The summed E-state index contributed by atoms with van der Waals surface area (Å²) >= 11 is 0. The second-order valence-corrected chi connectivity index (χ2v) is 8.31. The first-order valence-electron chi connectivity index (χ1n) is 10.6. The summed E-state index contributed by atoms with van der Waals surface area (Å²) in [6.45, 7) is 3.64. The summed E-state index contributed by atoms with van der Waals surface area (Å²) in [5, 5.41) is 5.53. The number of hydrogen-bond acceptors (Lipinski definition) is 4. The molecule has 0 bridgehead atoms. The number of hydrogen-bond donors (Lipinski definition) is 0. The van der Waals surface area contributed by atoms with Gasteiger partial charge in [-0.25, -0.2) is 9.48 Å². The van der Waals surface area contributed by atoms with Gasteiger partial charge in [-0.15, -0.1) is 0 Å². The van der Waals surface area contributed by atoms with Crippen molar-refractivity contribution in [3.8, 4) is 5.69 Å². The molecule has 0 aliphatic rings. The van der Waals surface area contributed by atoms with Crippen LogP contribution in [0.3, 0.4) is 0 Å². The van der Waals surface area contributed by atoms with E-state index in [1.165, 1.54) is 9.13 Å². The van der Waals surface area contributed by atoms with Crippen molar-refractivity contribution < 1.29 is 4.79 Å². The molecule has 0 saturated carbocycles. The third-order valence-electron chi connectivity index (χ3n) is 6.19. The Labute approximate surface area is 188 Å². The molecule has 166 valence electrons. The van der Waals surface area contributed by atoms with Crippen molar-refractivity contribution >= 4 is 27.9 Å². The van der Waals surface area contributed by atoms with Crippen LogP contribution in [0.1, 0.15) is 21.6 Å². The number of aryl methyl sites for hydroxylation is 4. The molecule has 8 nitrogen and oxygen atoms in total. The zero-order chi connectivity index (χ0) is 23.4. The number of carbonyl (C=O) groups excluding carboxylic acids is 1. The van der Waals surface area contributed by atoms with Crippen LogP contribution in [0.5, 0.6) is 0 Å². The largest absolute Gasteiger partial charge is 0.328 e. The lowest BCUT2D eigenvalue weighted by Crippen LogP contribution is -2.26. The highest BCUT2D eigenvalue weighted by molar-refractivity contribution is 5.99. The van der Waals surface area contributed by atoms with E-state index < -0.39 is 0 Å². The van der Waals surface area contributed by atoms with E-state index in [4.69, 9.17) is 0 Å². The van der Waals surface area contributed by atoms with Crippen LogP contribution in [0.4, 0.5) is 0 Å². The lowest BCUT2D eigenvalue weighted by Gasteiger charge is -2.12. The molecule has 0 amide bonds. The van der Waals surface area contributed by atoms with Crippen molar-refractivity contribution in [1.82, 2.24) is 23.5 Å². The Balaban J connectivity index is 1.67. The average molecular weight is 441 g/mol. The smallest absolute Gasteiger partial charge is 0.295 e. The third-order valence-corrected chi connectivity index (χ3v) is 6.19. The number of benzene rings is 2. The van der Waals surface area contributed by atoms with Crippen LogP contribution in [0.2, 0.25) is 0 Å². The predicted molar refractivity (Wildman–Crippen MR) is 127 cm³/mol. The van der Waals surface area contributed by atoms with E-state index in [0.717, 1.165) is 27.8 Å².